The SMILES string of the molecule is CC[C@H](C(=O)NCC(C)C)N(Cc1ccc(Cl)cc1)C(=O)CN(c1cc(C)cc(C)c1)S(C)(=O)=O. The van der Waals surface area contributed by atoms with E-state index >= 15 is 0 Å². The maximum atomic E-state index is 13.7. The minimum Gasteiger partial charge on any atom is -0.354 e. The van der Waals surface area contributed by atoms with Crippen LogP contribution in [0, 0.1) is 19.8 Å². The number of carbonyl (C=O) groups excluding carboxylic acids is 2. The molecule has 0 unspecified atom stereocenters. The molecule has 2 aromatic rings. The zero-order valence-electron chi connectivity index (χ0n) is 21.3. The predicted octanol–water partition coefficient (Wildman–Crippen LogP) is 4.30. The highest BCUT2D eigenvalue weighted by Gasteiger charge is 2.31. The summed E-state index contributed by atoms with van der Waals surface area (Å²) >= 11 is 6.02. The van der Waals surface area contributed by atoms with Gasteiger partial charge in [0.15, 0.2) is 0 Å². The normalized spacial score (nSPS) is 12.3. The number of nitrogens with zero attached hydrogens (tertiary/aromatic N) is 2. The van der Waals surface area contributed by atoms with E-state index in [0.29, 0.717) is 23.7 Å². The van der Waals surface area contributed by atoms with Crippen LogP contribution in [0.5, 0.6) is 0 Å². The van der Waals surface area contributed by atoms with Gasteiger partial charge in [-0.15, -0.1) is 0 Å². The molecule has 2 amide bonds. The van der Waals surface area contributed by atoms with Crippen molar-refractivity contribution >= 4 is 39.1 Å². The van der Waals surface area contributed by atoms with Gasteiger partial charge in [0.05, 0.1) is 11.9 Å². The van der Waals surface area contributed by atoms with E-state index in [1.807, 2.05) is 40.7 Å². The molecule has 0 fully saturated rings. The van der Waals surface area contributed by atoms with Crippen molar-refractivity contribution in [2.45, 2.75) is 53.6 Å². The van der Waals surface area contributed by atoms with Gasteiger partial charge in [0.2, 0.25) is 21.8 Å². The summed E-state index contributed by atoms with van der Waals surface area (Å²) in [7, 11) is -3.76. The van der Waals surface area contributed by atoms with Crippen LogP contribution in [0.3, 0.4) is 0 Å². The minimum absolute atomic E-state index is 0.147. The average molecular weight is 522 g/mol. The van der Waals surface area contributed by atoms with E-state index in [1.54, 1.807) is 36.4 Å². The van der Waals surface area contributed by atoms with E-state index in [-0.39, 0.29) is 18.4 Å². The molecule has 0 saturated heterocycles. The Morgan fingerprint density at radius 3 is 2.09 bits per heavy atom. The highest BCUT2D eigenvalue weighted by Crippen LogP contribution is 2.23. The number of benzene rings is 2. The molecule has 0 saturated carbocycles. The molecule has 192 valence electrons. The molecule has 0 aliphatic carbocycles. The number of hydrogen-bond donors (Lipinski definition) is 1. The molecule has 2 rings (SSSR count). The standard InChI is InChI=1S/C26H36ClN3O4S/c1-7-24(26(32)28-15-18(2)3)29(16-21-8-10-22(27)11-9-21)25(31)17-30(35(6,33)34)23-13-19(4)12-20(5)14-23/h8-14,18,24H,7,15-17H2,1-6H3,(H,28,32)/t24-/m1/s1. The Kier molecular flexibility index (Phi) is 10.2. The summed E-state index contributed by atoms with van der Waals surface area (Å²) in [6.07, 6.45) is 1.46. The summed E-state index contributed by atoms with van der Waals surface area (Å²) in [5.41, 5.74) is 2.98. The van der Waals surface area contributed by atoms with Crippen LogP contribution >= 0.6 is 11.6 Å². The molecule has 7 nitrogen and oxygen atoms in total. The molecule has 35 heavy (non-hydrogen) atoms. The van der Waals surface area contributed by atoms with Crippen molar-refractivity contribution in [3.63, 3.8) is 0 Å². The summed E-state index contributed by atoms with van der Waals surface area (Å²) < 4.78 is 26.5. The van der Waals surface area contributed by atoms with Crippen LogP contribution in [-0.2, 0) is 26.2 Å². The van der Waals surface area contributed by atoms with E-state index < -0.39 is 28.5 Å². The smallest absolute Gasteiger partial charge is 0.244 e. The molecule has 0 aromatic heterocycles. The van der Waals surface area contributed by atoms with Gasteiger partial charge in [-0.2, -0.15) is 0 Å². The molecule has 0 radical (unpaired) electrons. The lowest BCUT2D eigenvalue weighted by Crippen LogP contribution is -2.52. The molecule has 1 atom stereocenters. The van der Waals surface area contributed by atoms with Crippen LogP contribution in [0.25, 0.3) is 0 Å². The first-order valence-corrected chi connectivity index (χ1v) is 13.9. The first-order chi connectivity index (χ1) is 16.3. The van der Waals surface area contributed by atoms with Gasteiger partial charge >= 0.3 is 0 Å². The van der Waals surface area contributed by atoms with Crippen LogP contribution in [0.15, 0.2) is 42.5 Å². The fourth-order valence-electron chi connectivity index (χ4n) is 3.84. The Labute approximate surface area is 214 Å². The van der Waals surface area contributed by atoms with Crippen LogP contribution in [-0.4, -0.2) is 50.5 Å². The first-order valence-electron chi connectivity index (χ1n) is 11.7. The summed E-state index contributed by atoms with van der Waals surface area (Å²) in [6.45, 7) is 9.78. The zero-order valence-corrected chi connectivity index (χ0v) is 22.9. The van der Waals surface area contributed by atoms with Crippen molar-refractivity contribution in [2.24, 2.45) is 5.92 Å². The van der Waals surface area contributed by atoms with Gasteiger partial charge < -0.3 is 10.2 Å². The third-order valence-corrected chi connectivity index (χ3v) is 6.90. The predicted molar refractivity (Wildman–Crippen MR) is 142 cm³/mol. The first kappa shape index (κ1) is 28.7. The fraction of sp³-hybridized carbons (Fsp3) is 0.462. The largest absolute Gasteiger partial charge is 0.354 e. The van der Waals surface area contributed by atoms with Crippen molar-refractivity contribution in [1.82, 2.24) is 10.2 Å². The quantitative estimate of drug-likeness (QED) is 0.477. The molecule has 0 bridgehead atoms. The number of hydrogen-bond acceptors (Lipinski definition) is 4. The van der Waals surface area contributed by atoms with Gasteiger partial charge in [-0.3, -0.25) is 13.9 Å². The van der Waals surface area contributed by atoms with E-state index in [9.17, 15) is 18.0 Å². The van der Waals surface area contributed by atoms with Crippen molar-refractivity contribution in [1.29, 1.82) is 0 Å². The lowest BCUT2D eigenvalue weighted by molar-refractivity contribution is -0.140. The minimum atomic E-state index is -3.76. The van der Waals surface area contributed by atoms with E-state index in [0.717, 1.165) is 27.3 Å². The fourth-order valence-corrected chi connectivity index (χ4v) is 4.80. The van der Waals surface area contributed by atoms with Crippen LogP contribution in [0.4, 0.5) is 5.69 Å². The number of rotatable bonds is 11. The van der Waals surface area contributed by atoms with Crippen LogP contribution in [0.2, 0.25) is 5.02 Å². The van der Waals surface area contributed by atoms with Crippen LogP contribution in [0.1, 0.15) is 43.9 Å². The zero-order chi connectivity index (χ0) is 26.3. The number of halogens is 1. The number of anilines is 1. The van der Waals surface area contributed by atoms with Crippen LogP contribution < -0.4 is 9.62 Å². The van der Waals surface area contributed by atoms with Crippen molar-refractivity contribution < 1.29 is 18.0 Å². The molecule has 0 heterocycles. The molecule has 1 N–H and O–H groups in total. The average Bonchev–Trinajstić information content (AvgIpc) is 2.75. The summed E-state index contributed by atoms with van der Waals surface area (Å²) in [6, 6.07) is 11.7. The second kappa shape index (κ2) is 12.4. The summed E-state index contributed by atoms with van der Waals surface area (Å²) in [4.78, 5) is 28.2. The van der Waals surface area contributed by atoms with Crippen molar-refractivity contribution in [3.05, 3.63) is 64.2 Å². The number of carbonyl (C=O) groups is 2. The molecule has 0 aliphatic heterocycles. The number of aryl methyl sites for hydroxylation is 2. The van der Waals surface area contributed by atoms with E-state index in [2.05, 4.69) is 5.32 Å². The van der Waals surface area contributed by atoms with E-state index in [1.165, 1.54) is 4.90 Å². The van der Waals surface area contributed by atoms with Gasteiger partial charge in [-0.05, 0) is 67.1 Å². The molecule has 0 aliphatic rings. The highest BCUT2D eigenvalue weighted by atomic mass is 35.5. The Morgan fingerprint density at radius 2 is 1.60 bits per heavy atom. The highest BCUT2D eigenvalue weighted by molar-refractivity contribution is 7.92. The third kappa shape index (κ3) is 8.54. The number of nitrogens with one attached hydrogen (secondary N) is 1. The lowest BCUT2D eigenvalue weighted by atomic mass is 10.1. The summed E-state index contributed by atoms with van der Waals surface area (Å²) in [5.74, 6) is -0.473. The van der Waals surface area contributed by atoms with Gasteiger partial charge in [0.25, 0.3) is 0 Å². The lowest BCUT2D eigenvalue weighted by Gasteiger charge is -2.33. The number of amides is 2. The molecular weight excluding hydrogens is 486 g/mol. The third-order valence-electron chi connectivity index (χ3n) is 5.51. The van der Waals surface area contributed by atoms with Gasteiger partial charge in [-0.25, -0.2) is 8.42 Å². The molecule has 9 heteroatoms. The maximum absolute atomic E-state index is 13.7. The van der Waals surface area contributed by atoms with Crippen molar-refractivity contribution in [2.75, 3.05) is 23.7 Å². The summed E-state index contributed by atoms with van der Waals surface area (Å²) in [5, 5.41) is 3.47. The van der Waals surface area contributed by atoms with Gasteiger partial charge in [0, 0.05) is 18.1 Å². The Bertz CT molecular complexity index is 1110. The topological polar surface area (TPSA) is 86.8 Å². The Balaban J connectivity index is 2.44. The molecular formula is C26H36ClN3O4S. The van der Waals surface area contributed by atoms with Gasteiger partial charge in [0.1, 0.15) is 12.6 Å². The van der Waals surface area contributed by atoms with Crippen molar-refractivity contribution in [3.8, 4) is 0 Å². The monoisotopic (exact) mass is 521 g/mol. The van der Waals surface area contributed by atoms with E-state index in [4.69, 9.17) is 11.6 Å². The molecule has 2 aromatic carbocycles. The second-order valence-corrected chi connectivity index (χ2v) is 11.7. The Morgan fingerprint density at radius 1 is 1.03 bits per heavy atom. The molecule has 0 spiro atoms. The maximum Gasteiger partial charge on any atom is 0.244 e. The Hall–Kier alpha value is -2.58. The number of sulfonamides is 1. The van der Waals surface area contributed by atoms with Gasteiger partial charge in [-0.1, -0.05) is 50.6 Å². The second-order valence-electron chi connectivity index (χ2n) is 9.33.